The number of carbonyl (C=O) groups excluding carboxylic acids is 1. The molecule has 0 amide bonds. The minimum absolute atomic E-state index is 0.0640. The van der Waals surface area contributed by atoms with Crippen LogP contribution in [0.25, 0.3) is 0 Å². The molecule has 5 aliphatic carbocycles. The van der Waals surface area contributed by atoms with E-state index >= 15 is 4.79 Å². The van der Waals surface area contributed by atoms with Crippen molar-refractivity contribution in [2.24, 2.45) is 50.2 Å². The lowest BCUT2D eigenvalue weighted by Crippen LogP contribution is -2.67. The van der Waals surface area contributed by atoms with Gasteiger partial charge < -0.3 is 129 Å². The van der Waals surface area contributed by atoms with Gasteiger partial charge in [0.1, 0.15) is 110 Å². The molecule has 33 atom stereocenters. The molecule has 27 heteroatoms. The van der Waals surface area contributed by atoms with E-state index in [1.165, 1.54) is 6.92 Å². The molecule has 5 aliphatic heterocycles. The molecule has 27 nitrogen and oxygen atoms in total. The Balaban J connectivity index is 0.849. The Hall–Kier alpha value is -1.79. The van der Waals surface area contributed by atoms with Gasteiger partial charge >= 0.3 is 5.97 Å². The second-order valence-electron chi connectivity index (χ2n) is 28.6. The molecule has 0 spiro atoms. The molecule has 0 bridgehead atoms. The third kappa shape index (κ3) is 11.0. The average Bonchev–Trinajstić information content (AvgIpc) is 0.682. The van der Waals surface area contributed by atoms with Crippen LogP contribution in [-0.2, 0) is 52.2 Å². The molecule has 16 N–H and O–H groups in total. The summed E-state index contributed by atoms with van der Waals surface area (Å²) in [7, 11) is 0. The predicted molar refractivity (Wildman–Crippen MR) is 289 cm³/mol. The van der Waals surface area contributed by atoms with Crippen LogP contribution in [0.4, 0.5) is 0 Å². The van der Waals surface area contributed by atoms with Crippen LogP contribution in [0.15, 0.2) is 11.6 Å². The van der Waals surface area contributed by atoms with Gasteiger partial charge in [-0.15, -0.1) is 0 Å². The quantitative estimate of drug-likeness (QED) is 0.0482. The smallest absolute Gasteiger partial charge is 0.315 e. The first-order chi connectivity index (χ1) is 40.2. The molecular formula is C59H96O27. The summed E-state index contributed by atoms with van der Waals surface area (Å²) < 4.78 is 59.6. The van der Waals surface area contributed by atoms with E-state index in [4.69, 9.17) is 47.4 Å². The molecule has 5 heterocycles. The number of esters is 1. The molecule has 5 saturated heterocycles. The SMILES string of the molecule is C[C@H]1O[C@@H](O[C@@H]2[C@@H](O[C@H]3CC[C@]4(C)[C@H](CC[C@@]5(C)[C@H]4CC=C4[C@@H]6[C@H](O)C(C)(C)CC[C@]6(C(=O)O[C@H]6O[C@@H](CO[C@@H]7O[C@H](CO)[C@H](O)[C@H](O)[C@H]7O)[C@@H](O)[C@@H](O)[C@@H]6O)CC[C@@]45C)C3(C)C)OC[C@@H](O)[C@H]2O)[C@H](O)[C@@H](O[C@@H]2O[C@@H](CO)[C@H](O)[C@@H](O)[C@@H]2O)[C@H]1O. The van der Waals surface area contributed by atoms with Crippen LogP contribution >= 0.6 is 0 Å². The number of hydrogen-bond donors (Lipinski definition) is 16. The van der Waals surface area contributed by atoms with Gasteiger partial charge in [-0.1, -0.05) is 60.1 Å². The van der Waals surface area contributed by atoms with E-state index in [1.54, 1.807) is 0 Å². The Morgan fingerprint density at radius 2 is 1.10 bits per heavy atom. The lowest BCUT2D eigenvalue weighted by Gasteiger charge is -2.71. The molecule has 0 radical (unpaired) electrons. The standard InChI is InChI=1S/C59H96O27/c1-23-33(63)45(84-49-42(72)39(69)36(66)27(20-61)81-49)44(74)51(79-23)85-46-34(64)25(62)21-77-52(46)83-31-12-13-56(6)29(55(31,4)5)11-14-58(8)30(56)10-9-24-32-47(75)54(2,3)15-17-59(32,18-16-57(24,58)7)53(76)86-50-43(73)40(70)37(67)28(82-50)22-78-48-41(71)38(68)35(65)26(19-60)80-48/h9,23,25-52,60-75H,10-22H2,1-8H3/t23-,25-,26-,27+,28+,29-,30+,31+,32-,33+,34-,35+,36+,37-,38+,39-,40-,41-,42+,43+,44-,45+,46+,47+,48-,49+,50-,51+,52-,56-,57+,58+,59+/m1/s1. The van der Waals surface area contributed by atoms with Gasteiger partial charge in [0, 0.05) is 5.92 Å². The van der Waals surface area contributed by atoms with Gasteiger partial charge in [-0.2, -0.15) is 0 Å². The van der Waals surface area contributed by atoms with Crippen molar-refractivity contribution in [3.8, 4) is 0 Å². The molecule has 0 aromatic heterocycles. The van der Waals surface area contributed by atoms with E-state index in [2.05, 4.69) is 40.7 Å². The molecule has 10 rings (SSSR count). The zero-order chi connectivity index (χ0) is 62.9. The third-order valence-electron chi connectivity index (χ3n) is 23.3. The summed E-state index contributed by atoms with van der Waals surface area (Å²) in [4.78, 5) is 15.2. The molecule has 9 fully saturated rings. The first kappa shape index (κ1) is 67.1. The van der Waals surface area contributed by atoms with Crippen LogP contribution in [0.3, 0.4) is 0 Å². The summed E-state index contributed by atoms with van der Waals surface area (Å²) in [6, 6.07) is 0. The number of hydrogen-bond acceptors (Lipinski definition) is 27. The maximum atomic E-state index is 15.2. The lowest BCUT2D eigenvalue weighted by atomic mass is 9.33. The Morgan fingerprint density at radius 3 is 1.74 bits per heavy atom. The minimum Gasteiger partial charge on any atom is -0.432 e. The highest BCUT2D eigenvalue weighted by Crippen LogP contribution is 2.76. The van der Waals surface area contributed by atoms with E-state index in [9.17, 15) is 81.7 Å². The molecular weight excluding hydrogens is 1140 g/mol. The second-order valence-corrected chi connectivity index (χ2v) is 28.6. The van der Waals surface area contributed by atoms with Crippen LogP contribution in [-0.4, -0.2) is 274 Å². The summed E-state index contributed by atoms with van der Waals surface area (Å²) in [6.45, 7) is 14.2. The molecule has 0 aromatic rings. The van der Waals surface area contributed by atoms with Gasteiger partial charge in [0.2, 0.25) is 6.29 Å². The van der Waals surface area contributed by atoms with Crippen LogP contribution in [0.5, 0.6) is 0 Å². The minimum atomic E-state index is -1.92. The first-order valence-corrected chi connectivity index (χ1v) is 30.7. The van der Waals surface area contributed by atoms with E-state index < -0.39 is 213 Å². The first-order valence-electron chi connectivity index (χ1n) is 30.7. The molecule has 0 aromatic carbocycles. The Kier molecular flexibility index (Phi) is 19.2. The fraction of sp³-hybridized carbons (Fsp3) is 0.949. The van der Waals surface area contributed by atoms with Gasteiger partial charge in [-0.05, 0) is 104 Å². The molecule has 494 valence electrons. The van der Waals surface area contributed by atoms with Gasteiger partial charge in [0.15, 0.2) is 25.2 Å². The van der Waals surface area contributed by atoms with E-state index in [1.807, 2.05) is 13.8 Å². The van der Waals surface area contributed by atoms with Crippen molar-refractivity contribution in [3.63, 3.8) is 0 Å². The zero-order valence-electron chi connectivity index (χ0n) is 50.2. The van der Waals surface area contributed by atoms with Gasteiger partial charge in [0.25, 0.3) is 0 Å². The average molecular weight is 1240 g/mol. The van der Waals surface area contributed by atoms with Crippen molar-refractivity contribution in [2.45, 2.75) is 273 Å². The number of aliphatic hydroxyl groups excluding tert-OH is 16. The molecule has 4 saturated carbocycles. The predicted octanol–water partition coefficient (Wildman–Crippen LogP) is -3.57. The largest absolute Gasteiger partial charge is 0.432 e. The maximum absolute atomic E-state index is 15.2. The van der Waals surface area contributed by atoms with Gasteiger partial charge in [0.05, 0.1) is 50.2 Å². The highest BCUT2D eigenvalue weighted by Gasteiger charge is 2.72. The Labute approximate surface area is 499 Å². The summed E-state index contributed by atoms with van der Waals surface area (Å²) in [5.41, 5.74) is -2.69. The van der Waals surface area contributed by atoms with Crippen molar-refractivity contribution in [1.29, 1.82) is 0 Å². The number of ether oxygens (including phenoxy) is 10. The Morgan fingerprint density at radius 1 is 0.547 bits per heavy atom. The fourth-order valence-electron chi connectivity index (χ4n) is 17.5. The van der Waals surface area contributed by atoms with Crippen molar-refractivity contribution >= 4 is 5.97 Å². The van der Waals surface area contributed by atoms with Crippen LogP contribution in [0.2, 0.25) is 0 Å². The number of fused-ring (bicyclic) bond motifs is 7. The number of allylic oxidation sites excluding steroid dienone is 1. The van der Waals surface area contributed by atoms with Crippen LogP contribution in [0.1, 0.15) is 113 Å². The number of rotatable bonds is 13. The van der Waals surface area contributed by atoms with Crippen LogP contribution in [0, 0.1) is 50.2 Å². The fourth-order valence-corrected chi connectivity index (χ4v) is 17.5. The molecule has 86 heavy (non-hydrogen) atoms. The second kappa shape index (κ2) is 24.6. The van der Waals surface area contributed by atoms with Crippen molar-refractivity contribution in [3.05, 3.63) is 11.6 Å². The monoisotopic (exact) mass is 1240 g/mol. The highest BCUT2D eigenvalue weighted by molar-refractivity contribution is 5.79. The topological polar surface area (TPSA) is 433 Å². The third-order valence-corrected chi connectivity index (χ3v) is 23.3. The van der Waals surface area contributed by atoms with Gasteiger partial charge in [-0.25, -0.2) is 0 Å². The summed E-state index contributed by atoms with van der Waals surface area (Å²) in [5, 5.41) is 173. The lowest BCUT2D eigenvalue weighted by molar-refractivity contribution is -0.382. The van der Waals surface area contributed by atoms with Crippen molar-refractivity contribution in [2.75, 3.05) is 26.4 Å². The van der Waals surface area contributed by atoms with E-state index in [0.29, 0.717) is 44.9 Å². The highest BCUT2D eigenvalue weighted by atomic mass is 16.8. The number of aliphatic hydroxyl groups is 16. The molecule has 0 unspecified atom stereocenters. The maximum Gasteiger partial charge on any atom is 0.315 e. The number of carbonyl (C=O) groups is 1. The van der Waals surface area contributed by atoms with E-state index in [-0.39, 0.29) is 29.3 Å². The van der Waals surface area contributed by atoms with Gasteiger partial charge in [-0.3, -0.25) is 4.79 Å². The summed E-state index contributed by atoms with van der Waals surface area (Å²) >= 11 is 0. The summed E-state index contributed by atoms with van der Waals surface area (Å²) in [6.07, 6.45) is -33.2. The molecule has 10 aliphatic rings. The van der Waals surface area contributed by atoms with Crippen molar-refractivity contribution < 1.29 is 134 Å². The van der Waals surface area contributed by atoms with Crippen molar-refractivity contribution in [1.82, 2.24) is 0 Å². The Bertz CT molecular complexity index is 2400. The van der Waals surface area contributed by atoms with E-state index in [0.717, 1.165) is 18.4 Å². The van der Waals surface area contributed by atoms with Crippen LogP contribution < -0.4 is 0 Å². The summed E-state index contributed by atoms with van der Waals surface area (Å²) in [5.74, 6) is -1.30. The normalized spacial score (nSPS) is 54.5. The zero-order valence-corrected chi connectivity index (χ0v) is 50.2.